The number of carbonyl (C=O) groups excluding carboxylic acids is 1. The van der Waals surface area contributed by atoms with Crippen LogP contribution in [0, 0.1) is 6.92 Å². The first-order valence-electron chi connectivity index (χ1n) is 16.2. The molecule has 0 unspecified atom stereocenters. The fraction of sp³-hybridized carbons (Fsp3) is 0.568. The number of hydrogen-bond acceptors (Lipinski definition) is 3. The van der Waals surface area contributed by atoms with Gasteiger partial charge in [0.1, 0.15) is 5.84 Å². The van der Waals surface area contributed by atoms with Crippen molar-refractivity contribution in [2.75, 3.05) is 26.0 Å². The zero-order valence-electron chi connectivity index (χ0n) is 29.9. The summed E-state index contributed by atoms with van der Waals surface area (Å²) in [5.41, 5.74) is 6.51. The van der Waals surface area contributed by atoms with Gasteiger partial charge in [-0.3, -0.25) is 4.79 Å². The van der Waals surface area contributed by atoms with Gasteiger partial charge in [0.15, 0.2) is 0 Å². The molecule has 1 N–H and O–H groups in total. The zero-order chi connectivity index (χ0) is 33.5. The molecule has 0 saturated carbocycles. The minimum absolute atomic E-state index is 0.145. The number of allylic oxidation sites excluding steroid dienone is 3. The molecule has 1 amide bonds. The number of anilines is 1. The van der Waals surface area contributed by atoms with Gasteiger partial charge in [-0.2, -0.15) is 0 Å². The molecule has 0 fully saturated rings. The summed E-state index contributed by atoms with van der Waals surface area (Å²) in [4.78, 5) is 21.8. The van der Waals surface area contributed by atoms with E-state index in [1.54, 1.807) is 11.1 Å². The van der Waals surface area contributed by atoms with E-state index in [9.17, 15) is 4.79 Å². The third kappa shape index (κ3) is 16.7. The highest BCUT2D eigenvalue weighted by molar-refractivity contribution is 6.32. The molecule has 1 aromatic carbocycles. The van der Waals surface area contributed by atoms with Crippen molar-refractivity contribution in [1.29, 1.82) is 0 Å². The number of aliphatic imine (C=N–C) groups is 1. The number of unbranched alkanes of at least 4 members (excludes halogenated alkanes) is 2. The van der Waals surface area contributed by atoms with Gasteiger partial charge in [0.25, 0.3) is 5.91 Å². The highest BCUT2D eigenvalue weighted by atomic mass is 35.5. The van der Waals surface area contributed by atoms with Crippen molar-refractivity contribution in [2.45, 2.75) is 121 Å². The van der Waals surface area contributed by atoms with Crippen molar-refractivity contribution in [2.24, 2.45) is 4.99 Å². The number of aryl methyl sites for hydroxylation is 1. The number of amidine groups is 1. The van der Waals surface area contributed by atoms with E-state index in [4.69, 9.17) is 11.6 Å². The van der Waals surface area contributed by atoms with Gasteiger partial charge in [-0.05, 0) is 96.0 Å². The number of benzene rings is 1. The number of carbonyl (C=O) groups is 1. The van der Waals surface area contributed by atoms with Crippen LogP contribution in [0.2, 0.25) is 0 Å². The highest BCUT2D eigenvalue weighted by Crippen LogP contribution is 2.31. The number of nitrogens with zero attached hydrogens (tertiary/aromatic N) is 3. The molecule has 0 bridgehead atoms. The Bertz CT molecular complexity index is 1090. The van der Waals surface area contributed by atoms with E-state index in [0.717, 1.165) is 36.3 Å². The molecule has 0 spiro atoms. The fourth-order valence-electron chi connectivity index (χ4n) is 3.75. The molecule has 0 saturated heterocycles. The van der Waals surface area contributed by atoms with Crippen LogP contribution in [0.1, 0.15) is 119 Å². The van der Waals surface area contributed by atoms with Crippen LogP contribution in [0.15, 0.2) is 69.5 Å². The second-order valence-corrected chi connectivity index (χ2v) is 11.2. The van der Waals surface area contributed by atoms with E-state index in [1.165, 1.54) is 36.8 Å². The fourth-order valence-corrected chi connectivity index (χ4v) is 4.13. The average Bonchev–Trinajstić information content (AvgIpc) is 2.97. The standard InChI is InChI=1S/C27H37ClN4O.2C4H10.C2H6/c1-9-32(26-20(5)11-10-12-25(26)28)27(33)24(18(2)3)16-29-21(6)30-23-14-13-19(4)22(15-23)17-31(7)8;2*1-3-4-2;1-2/h12-16H,2,9-11,17H2,1,3-8H3,(H,29,30);2*3-4H2,1-2H3;1-2H3/b24-16+;;;. The number of nitrogens with one attached hydrogen (secondary N) is 1. The van der Waals surface area contributed by atoms with E-state index in [1.807, 2.05) is 53.7 Å². The van der Waals surface area contributed by atoms with Crippen LogP contribution in [0.25, 0.3) is 0 Å². The van der Waals surface area contributed by atoms with Crippen LogP contribution in [-0.2, 0) is 11.3 Å². The van der Waals surface area contributed by atoms with Gasteiger partial charge >= 0.3 is 0 Å². The maximum atomic E-state index is 13.4. The lowest BCUT2D eigenvalue weighted by Crippen LogP contribution is -2.33. The summed E-state index contributed by atoms with van der Waals surface area (Å²) in [5, 5.41) is 3.96. The minimum Gasteiger partial charge on any atom is -0.344 e. The van der Waals surface area contributed by atoms with Gasteiger partial charge in [0.05, 0.1) is 16.3 Å². The normalized spacial score (nSPS) is 13.0. The lowest BCUT2D eigenvalue weighted by atomic mass is 10.0. The molecule has 0 heterocycles. The van der Waals surface area contributed by atoms with E-state index in [2.05, 4.69) is 82.6 Å². The van der Waals surface area contributed by atoms with Crippen molar-refractivity contribution >= 4 is 29.0 Å². The third-order valence-electron chi connectivity index (χ3n) is 6.54. The van der Waals surface area contributed by atoms with Crippen molar-refractivity contribution < 1.29 is 4.79 Å². The van der Waals surface area contributed by atoms with Gasteiger partial charge in [-0.15, -0.1) is 0 Å². The van der Waals surface area contributed by atoms with E-state index in [-0.39, 0.29) is 5.91 Å². The molecule has 0 radical (unpaired) electrons. The largest absolute Gasteiger partial charge is 0.344 e. The number of amides is 1. The molecule has 6 heteroatoms. The summed E-state index contributed by atoms with van der Waals surface area (Å²) in [6, 6.07) is 6.27. The Morgan fingerprint density at radius 3 is 2.02 bits per heavy atom. The maximum Gasteiger partial charge on any atom is 0.260 e. The molecular weight excluding hydrogens is 552 g/mol. The molecule has 1 aromatic rings. The molecule has 0 aromatic heterocycles. The molecule has 1 aliphatic carbocycles. The van der Waals surface area contributed by atoms with Gasteiger partial charge in [-0.1, -0.05) is 97.5 Å². The van der Waals surface area contributed by atoms with Crippen molar-refractivity contribution in [3.05, 3.63) is 75.6 Å². The average molecular weight is 615 g/mol. The first-order chi connectivity index (χ1) is 20.4. The predicted molar refractivity (Wildman–Crippen MR) is 194 cm³/mol. The topological polar surface area (TPSA) is 47.9 Å². The third-order valence-corrected chi connectivity index (χ3v) is 6.88. The lowest BCUT2D eigenvalue weighted by Gasteiger charge is -2.29. The number of likely N-dealkylation sites (N-methyl/N-ethyl adjacent to an activating group) is 1. The highest BCUT2D eigenvalue weighted by Gasteiger charge is 2.25. The summed E-state index contributed by atoms with van der Waals surface area (Å²) in [6.45, 7) is 27.9. The minimum atomic E-state index is -0.145. The Balaban J connectivity index is 0. The molecule has 43 heavy (non-hydrogen) atoms. The van der Waals surface area contributed by atoms with Crippen LogP contribution in [0.4, 0.5) is 5.69 Å². The van der Waals surface area contributed by atoms with Crippen LogP contribution in [0.3, 0.4) is 0 Å². The Morgan fingerprint density at radius 1 is 1.02 bits per heavy atom. The molecular formula is C37H63ClN4O. The van der Waals surface area contributed by atoms with Crippen molar-refractivity contribution in [3.63, 3.8) is 0 Å². The molecule has 5 nitrogen and oxygen atoms in total. The van der Waals surface area contributed by atoms with Crippen LogP contribution in [-0.4, -0.2) is 42.2 Å². The van der Waals surface area contributed by atoms with E-state index < -0.39 is 0 Å². The summed E-state index contributed by atoms with van der Waals surface area (Å²) >= 11 is 6.48. The van der Waals surface area contributed by atoms with E-state index in [0.29, 0.717) is 28.6 Å². The quantitative estimate of drug-likeness (QED) is 0.123. The second kappa shape index (κ2) is 24.8. The Hall–Kier alpha value is -2.63. The van der Waals surface area contributed by atoms with Crippen LogP contribution in [0.5, 0.6) is 0 Å². The van der Waals surface area contributed by atoms with Gasteiger partial charge in [0.2, 0.25) is 0 Å². The lowest BCUT2D eigenvalue weighted by molar-refractivity contribution is -0.124. The molecule has 0 aliphatic heterocycles. The first-order valence-corrected chi connectivity index (χ1v) is 16.5. The molecule has 0 atom stereocenters. The van der Waals surface area contributed by atoms with Crippen LogP contribution >= 0.6 is 11.6 Å². The smallest absolute Gasteiger partial charge is 0.260 e. The summed E-state index contributed by atoms with van der Waals surface area (Å²) in [6.07, 6.45) is 10.6. The van der Waals surface area contributed by atoms with Crippen molar-refractivity contribution in [3.8, 4) is 0 Å². The number of halogens is 1. The van der Waals surface area contributed by atoms with Gasteiger partial charge in [-0.25, -0.2) is 4.99 Å². The number of hydrogen-bond donors (Lipinski definition) is 1. The summed E-state index contributed by atoms with van der Waals surface area (Å²) < 4.78 is 0. The number of rotatable bonds is 10. The Labute approximate surface area is 270 Å². The predicted octanol–water partition coefficient (Wildman–Crippen LogP) is 11.0. The summed E-state index contributed by atoms with van der Waals surface area (Å²) in [5.74, 6) is 0.545. The van der Waals surface area contributed by atoms with Gasteiger partial charge in [0, 0.05) is 25.0 Å². The van der Waals surface area contributed by atoms with Crippen LogP contribution < -0.4 is 5.32 Å². The Morgan fingerprint density at radius 2 is 1.58 bits per heavy atom. The monoisotopic (exact) mass is 614 g/mol. The molecule has 1 aliphatic rings. The van der Waals surface area contributed by atoms with E-state index >= 15 is 0 Å². The maximum absolute atomic E-state index is 13.4. The SMILES string of the molecule is C=C(C)/C(=C\N=C(C)Nc1ccc(C)c(CN(C)C)c1)C(=O)N(CC)C1=C(C)CCC=C1Cl.CC.CCCC.CCCC. The molecule has 244 valence electrons. The summed E-state index contributed by atoms with van der Waals surface area (Å²) in [7, 11) is 4.11. The first kappa shape index (κ1) is 42.5. The van der Waals surface area contributed by atoms with Crippen molar-refractivity contribution in [1.82, 2.24) is 9.80 Å². The second-order valence-electron chi connectivity index (χ2n) is 10.8. The Kier molecular flexibility index (Phi) is 24.5. The van der Waals surface area contributed by atoms with Gasteiger partial charge < -0.3 is 15.1 Å². The molecule has 2 rings (SSSR count). The zero-order valence-corrected chi connectivity index (χ0v) is 30.6.